The van der Waals surface area contributed by atoms with Gasteiger partial charge in [-0.05, 0) is 13.8 Å². The number of carbonyl (C=O) groups is 1. The van der Waals surface area contributed by atoms with Crippen LogP contribution in [0.5, 0.6) is 0 Å². The molecule has 0 saturated heterocycles. The Labute approximate surface area is 81.9 Å². The zero-order valence-corrected chi connectivity index (χ0v) is 8.67. The Hall–Kier alpha value is -1.31. The molecule has 1 rings (SSSR count). The van der Waals surface area contributed by atoms with Crippen molar-refractivity contribution in [2.75, 3.05) is 13.2 Å². The van der Waals surface area contributed by atoms with Crippen molar-refractivity contribution in [1.82, 2.24) is 9.62 Å². The van der Waals surface area contributed by atoms with Crippen LogP contribution in [0.1, 0.15) is 13.8 Å². The van der Waals surface area contributed by atoms with Gasteiger partial charge in [0.1, 0.15) is 0 Å². The zero-order chi connectivity index (χ0) is 10.8. The topological polar surface area (TPSA) is 88.1 Å². The lowest BCUT2D eigenvalue weighted by molar-refractivity contribution is 0.222. The second-order valence-electron chi connectivity index (χ2n) is 2.40. The molecule has 0 aromatic carbocycles. The lowest BCUT2D eigenvalue weighted by Crippen LogP contribution is -2.50. The minimum absolute atomic E-state index is 0.0388. The predicted octanol–water partition coefficient (Wildman–Crippen LogP) is -0.331. The van der Waals surface area contributed by atoms with E-state index in [1.807, 2.05) is 0 Å². The maximum atomic E-state index is 11.3. The Morgan fingerprint density at radius 1 is 1.50 bits per heavy atom. The minimum atomic E-state index is -3.91. The summed E-state index contributed by atoms with van der Waals surface area (Å²) in [6, 6.07) is -1.02. The molecule has 0 aromatic heterocycles. The summed E-state index contributed by atoms with van der Waals surface area (Å²) >= 11 is 0. The van der Waals surface area contributed by atoms with Crippen LogP contribution in [0.4, 0.5) is 4.79 Å². The van der Waals surface area contributed by atoms with Crippen molar-refractivity contribution in [3.8, 4) is 0 Å². The van der Waals surface area contributed by atoms with E-state index in [0.717, 1.165) is 0 Å². The van der Waals surface area contributed by atoms with Crippen LogP contribution < -0.4 is 5.32 Å². The number of hydrogen-bond donors (Lipinski definition) is 1. The summed E-state index contributed by atoms with van der Waals surface area (Å²) in [5.41, 5.74) is 0. The van der Waals surface area contributed by atoms with Crippen LogP contribution in [0.2, 0.25) is 0 Å². The lowest BCUT2D eigenvalue weighted by Gasteiger charge is -2.23. The molecular weight excluding hydrogens is 210 g/mol. The largest absolute Gasteiger partial charge is 0.464 e. The number of hydrogen-bond acceptors (Lipinski definition) is 4. The second kappa shape index (κ2) is 3.82. The average molecular weight is 221 g/mol. The number of amides is 2. The summed E-state index contributed by atoms with van der Waals surface area (Å²) in [5.74, 6) is 0. The third-order valence-corrected chi connectivity index (χ3v) is 2.86. The van der Waals surface area contributed by atoms with Gasteiger partial charge < -0.3 is 4.74 Å². The van der Waals surface area contributed by atoms with Gasteiger partial charge in [0.05, 0.1) is 6.61 Å². The standard InChI is InChI=1S/C6H11N3O4S/c1-3-9-6(10)7-5(13-4-2)8-14(9,11)12/h3-4H2,1-2H3,(H,7,8,10). The van der Waals surface area contributed by atoms with Gasteiger partial charge in [-0.15, -0.1) is 0 Å². The van der Waals surface area contributed by atoms with E-state index in [-0.39, 0.29) is 19.2 Å². The molecule has 0 saturated carbocycles. The molecule has 7 nitrogen and oxygen atoms in total. The zero-order valence-electron chi connectivity index (χ0n) is 7.85. The van der Waals surface area contributed by atoms with Crippen LogP contribution in [0, 0.1) is 0 Å². The third kappa shape index (κ3) is 1.95. The van der Waals surface area contributed by atoms with Gasteiger partial charge in [0.25, 0.3) is 0 Å². The molecule has 0 fully saturated rings. The normalized spacial score (nSPS) is 20.0. The van der Waals surface area contributed by atoms with Gasteiger partial charge in [0, 0.05) is 6.54 Å². The molecule has 14 heavy (non-hydrogen) atoms. The van der Waals surface area contributed by atoms with Crippen molar-refractivity contribution in [1.29, 1.82) is 0 Å². The summed E-state index contributed by atoms with van der Waals surface area (Å²) in [6.45, 7) is 3.48. The fourth-order valence-electron chi connectivity index (χ4n) is 0.941. The predicted molar refractivity (Wildman–Crippen MR) is 48.9 cm³/mol. The first-order chi connectivity index (χ1) is 6.51. The number of nitrogens with zero attached hydrogens (tertiary/aromatic N) is 2. The highest BCUT2D eigenvalue weighted by atomic mass is 32.2. The van der Waals surface area contributed by atoms with E-state index >= 15 is 0 Å². The van der Waals surface area contributed by atoms with Crippen molar-refractivity contribution in [3.63, 3.8) is 0 Å². The van der Waals surface area contributed by atoms with E-state index in [0.29, 0.717) is 4.31 Å². The highest BCUT2D eigenvalue weighted by Crippen LogP contribution is 2.08. The van der Waals surface area contributed by atoms with Crippen LogP contribution in [0.15, 0.2) is 4.40 Å². The van der Waals surface area contributed by atoms with Crippen molar-refractivity contribution < 1.29 is 17.9 Å². The van der Waals surface area contributed by atoms with Crippen LogP contribution >= 0.6 is 0 Å². The van der Waals surface area contributed by atoms with Gasteiger partial charge in [0.15, 0.2) is 0 Å². The summed E-state index contributed by atoms with van der Waals surface area (Å²) in [6.07, 6.45) is 0. The molecule has 0 radical (unpaired) electrons. The van der Waals surface area contributed by atoms with Gasteiger partial charge in [-0.25, -0.2) is 9.10 Å². The molecule has 80 valence electrons. The van der Waals surface area contributed by atoms with Gasteiger partial charge >= 0.3 is 22.3 Å². The Kier molecular flexibility index (Phi) is 2.94. The molecule has 0 unspecified atom stereocenters. The van der Waals surface area contributed by atoms with E-state index in [1.165, 1.54) is 0 Å². The molecule has 0 aromatic rings. The Morgan fingerprint density at radius 2 is 2.14 bits per heavy atom. The van der Waals surface area contributed by atoms with Crippen molar-refractivity contribution in [2.45, 2.75) is 13.8 Å². The monoisotopic (exact) mass is 221 g/mol. The molecule has 1 N–H and O–H groups in total. The third-order valence-electron chi connectivity index (χ3n) is 1.49. The fraction of sp³-hybridized carbons (Fsp3) is 0.667. The van der Waals surface area contributed by atoms with Crippen molar-refractivity contribution >= 4 is 22.3 Å². The lowest BCUT2D eigenvalue weighted by atomic mass is 10.7. The number of ether oxygens (including phenoxy) is 1. The molecular formula is C6H11N3O4S. The smallest absolute Gasteiger partial charge is 0.352 e. The molecule has 1 aliphatic rings. The molecule has 8 heteroatoms. The Balaban J connectivity index is 3.01. The average Bonchev–Trinajstić information content (AvgIpc) is 2.02. The second-order valence-corrected chi connectivity index (χ2v) is 3.92. The first-order valence-electron chi connectivity index (χ1n) is 4.07. The van der Waals surface area contributed by atoms with E-state index in [1.54, 1.807) is 13.8 Å². The van der Waals surface area contributed by atoms with Gasteiger partial charge in [0.2, 0.25) is 0 Å². The molecule has 1 heterocycles. The summed E-state index contributed by atoms with van der Waals surface area (Å²) < 4.78 is 31.3. The quantitative estimate of drug-likeness (QED) is 0.691. The minimum Gasteiger partial charge on any atom is -0.464 e. The number of urea groups is 1. The summed E-state index contributed by atoms with van der Waals surface area (Å²) in [4.78, 5) is 11.2. The van der Waals surface area contributed by atoms with E-state index in [9.17, 15) is 13.2 Å². The van der Waals surface area contributed by atoms with Gasteiger partial charge in [-0.3, -0.25) is 5.32 Å². The highest BCUT2D eigenvalue weighted by Gasteiger charge is 2.32. The van der Waals surface area contributed by atoms with E-state index in [2.05, 4.69) is 9.71 Å². The summed E-state index contributed by atoms with van der Waals surface area (Å²) in [5, 5.41) is 2.21. The van der Waals surface area contributed by atoms with Gasteiger partial charge in [-0.2, -0.15) is 8.42 Å². The van der Waals surface area contributed by atoms with Crippen molar-refractivity contribution in [3.05, 3.63) is 0 Å². The molecule has 1 aliphatic heterocycles. The van der Waals surface area contributed by atoms with Crippen LogP contribution in [0.25, 0.3) is 0 Å². The number of rotatable bonds is 2. The fourth-order valence-corrected chi connectivity index (χ4v) is 1.93. The number of carbonyl (C=O) groups excluding carboxylic acids is 1. The van der Waals surface area contributed by atoms with E-state index in [4.69, 9.17) is 4.74 Å². The highest BCUT2D eigenvalue weighted by molar-refractivity contribution is 7.88. The molecule has 0 spiro atoms. The molecule has 0 atom stereocenters. The SMILES string of the molecule is CCOC1=NS(=O)(=O)N(CC)C(=O)N1. The first-order valence-corrected chi connectivity index (χ1v) is 5.47. The Morgan fingerprint density at radius 3 is 2.57 bits per heavy atom. The maximum absolute atomic E-state index is 11.3. The maximum Gasteiger partial charge on any atom is 0.352 e. The Bertz CT molecular complexity index is 361. The van der Waals surface area contributed by atoms with Gasteiger partial charge in [-0.1, -0.05) is 4.40 Å². The summed E-state index contributed by atoms with van der Waals surface area (Å²) in [7, 11) is -3.91. The van der Waals surface area contributed by atoms with Crippen LogP contribution in [-0.4, -0.2) is 37.9 Å². The molecule has 2 amide bonds. The number of amidine groups is 1. The first kappa shape index (κ1) is 10.8. The van der Waals surface area contributed by atoms with Crippen LogP contribution in [-0.2, 0) is 14.9 Å². The van der Waals surface area contributed by atoms with Crippen LogP contribution in [0.3, 0.4) is 0 Å². The van der Waals surface area contributed by atoms with E-state index < -0.39 is 16.2 Å². The molecule has 0 bridgehead atoms. The number of nitrogens with one attached hydrogen (secondary N) is 1. The molecule has 0 aliphatic carbocycles. The van der Waals surface area contributed by atoms with Crippen molar-refractivity contribution in [2.24, 2.45) is 4.40 Å².